The molecule has 0 spiro atoms. The average Bonchev–Trinajstić information content (AvgIpc) is 2.73. The highest BCUT2D eigenvalue weighted by molar-refractivity contribution is 6.07. The van der Waals surface area contributed by atoms with Gasteiger partial charge in [-0.15, -0.1) is 0 Å². The molecule has 0 saturated carbocycles. The Balaban J connectivity index is 1.55. The monoisotopic (exact) mass is 390 g/mol. The summed E-state index contributed by atoms with van der Waals surface area (Å²) in [7, 11) is 2.15. The molecule has 0 bridgehead atoms. The van der Waals surface area contributed by atoms with Gasteiger partial charge in [0.2, 0.25) is 0 Å². The summed E-state index contributed by atoms with van der Waals surface area (Å²) in [5, 5.41) is 12.2. The van der Waals surface area contributed by atoms with Gasteiger partial charge in [0, 0.05) is 23.4 Å². The molecule has 5 nitrogen and oxygen atoms in total. The third-order valence-electron chi connectivity index (χ3n) is 5.04. The van der Waals surface area contributed by atoms with Crippen molar-refractivity contribution in [3.8, 4) is 0 Å². The number of nitrogens with one attached hydrogen (secondary N) is 1. The van der Waals surface area contributed by atoms with Crippen LogP contribution in [0.4, 0.5) is 5.69 Å². The molecule has 29 heavy (non-hydrogen) atoms. The number of carboxylic acids is 1. The standard InChI is InChI=1S/C24H26N2O3/c1-26-16-14-22(15-17-26)25-21-10-8-20(9-11-21)23(27)12-6-18-2-4-19(5-3-18)7-13-24(28)29/h2-13,22,25H,14-17H2,1H3,(H,28,29). The second-order valence-corrected chi connectivity index (χ2v) is 7.34. The number of carboxylic acid groups (broad SMARTS) is 1. The van der Waals surface area contributed by atoms with E-state index in [9.17, 15) is 9.59 Å². The van der Waals surface area contributed by atoms with Crippen molar-refractivity contribution in [3.05, 3.63) is 77.4 Å². The van der Waals surface area contributed by atoms with Crippen molar-refractivity contribution >= 4 is 29.6 Å². The number of allylic oxidation sites excluding steroid dienone is 1. The second kappa shape index (κ2) is 9.85. The van der Waals surface area contributed by atoms with E-state index in [1.165, 1.54) is 6.08 Å². The normalized spacial score (nSPS) is 15.8. The predicted molar refractivity (Wildman–Crippen MR) is 117 cm³/mol. The van der Waals surface area contributed by atoms with Crippen LogP contribution >= 0.6 is 0 Å². The van der Waals surface area contributed by atoms with Crippen LogP contribution in [0.25, 0.3) is 12.2 Å². The number of piperidine rings is 1. The number of anilines is 1. The minimum absolute atomic E-state index is 0.0503. The minimum Gasteiger partial charge on any atom is -0.478 e. The molecule has 0 amide bonds. The number of ketones is 1. The van der Waals surface area contributed by atoms with E-state index in [-0.39, 0.29) is 5.78 Å². The minimum atomic E-state index is -0.980. The molecule has 1 fully saturated rings. The van der Waals surface area contributed by atoms with Gasteiger partial charge in [-0.05, 0) is 80.5 Å². The maximum absolute atomic E-state index is 12.4. The van der Waals surface area contributed by atoms with Crippen LogP contribution < -0.4 is 5.32 Å². The van der Waals surface area contributed by atoms with Gasteiger partial charge in [-0.2, -0.15) is 0 Å². The van der Waals surface area contributed by atoms with E-state index < -0.39 is 5.97 Å². The highest BCUT2D eigenvalue weighted by Crippen LogP contribution is 2.17. The van der Waals surface area contributed by atoms with Gasteiger partial charge in [0.1, 0.15) is 0 Å². The van der Waals surface area contributed by atoms with Crippen LogP contribution in [0, 0.1) is 0 Å². The number of likely N-dealkylation sites (tertiary alicyclic amines) is 1. The van der Waals surface area contributed by atoms with Gasteiger partial charge in [0.05, 0.1) is 0 Å². The molecule has 0 aromatic heterocycles. The molecule has 1 aliphatic rings. The van der Waals surface area contributed by atoms with Crippen molar-refractivity contribution < 1.29 is 14.7 Å². The van der Waals surface area contributed by atoms with E-state index in [0.717, 1.165) is 48.8 Å². The molecular weight excluding hydrogens is 364 g/mol. The zero-order valence-electron chi connectivity index (χ0n) is 16.5. The van der Waals surface area contributed by atoms with Crippen molar-refractivity contribution in [1.29, 1.82) is 0 Å². The lowest BCUT2D eigenvalue weighted by molar-refractivity contribution is -0.131. The molecular formula is C24H26N2O3. The lowest BCUT2D eigenvalue weighted by Gasteiger charge is -2.30. The number of carbonyl (C=O) groups is 2. The van der Waals surface area contributed by atoms with Gasteiger partial charge < -0.3 is 15.3 Å². The Morgan fingerprint density at radius 2 is 1.48 bits per heavy atom. The second-order valence-electron chi connectivity index (χ2n) is 7.34. The van der Waals surface area contributed by atoms with Gasteiger partial charge in [-0.25, -0.2) is 4.79 Å². The Labute approximate surface area is 171 Å². The van der Waals surface area contributed by atoms with Crippen LogP contribution in [0.15, 0.2) is 60.7 Å². The highest BCUT2D eigenvalue weighted by atomic mass is 16.4. The number of nitrogens with zero attached hydrogens (tertiary/aromatic N) is 1. The molecule has 0 unspecified atom stereocenters. The summed E-state index contributed by atoms with van der Waals surface area (Å²) < 4.78 is 0. The first-order valence-electron chi connectivity index (χ1n) is 9.78. The third-order valence-corrected chi connectivity index (χ3v) is 5.04. The van der Waals surface area contributed by atoms with Gasteiger partial charge in [0.25, 0.3) is 0 Å². The summed E-state index contributed by atoms with van der Waals surface area (Å²) in [6.45, 7) is 2.21. The zero-order valence-corrected chi connectivity index (χ0v) is 16.5. The molecule has 0 radical (unpaired) electrons. The van der Waals surface area contributed by atoms with E-state index in [1.807, 2.05) is 48.5 Å². The van der Waals surface area contributed by atoms with Crippen molar-refractivity contribution in [2.24, 2.45) is 0 Å². The Kier molecular flexibility index (Phi) is 6.98. The Morgan fingerprint density at radius 1 is 0.931 bits per heavy atom. The summed E-state index contributed by atoms with van der Waals surface area (Å²) >= 11 is 0. The van der Waals surface area contributed by atoms with Gasteiger partial charge in [0.15, 0.2) is 5.78 Å². The number of hydrogen-bond donors (Lipinski definition) is 2. The number of rotatable bonds is 7. The number of aliphatic carboxylic acids is 1. The fourth-order valence-corrected chi connectivity index (χ4v) is 3.27. The average molecular weight is 390 g/mol. The van der Waals surface area contributed by atoms with Crippen LogP contribution in [0.2, 0.25) is 0 Å². The van der Waals surface area contributed by atoms with Crippen LogP contribution in [0.1, 0.15) is 34.3 Å². The number of hydrogen-bond acceptors (Lipinski definition) is 4. The smallest absolute Gasteiger partial charge is 0.328 e. The fourth-order valence-electron chi connectivity index (χ4n) is 3.27. The lowest BCUT2D eigenvalue weighted by atomic mass is 10.0. The molecule has 2 aromatic rings. The van der Waals surface area contributed by atoms with E-state index >= 15 is 0 Å². The predicted octanol–water partition coefficient (Wildman–Crippen LogP) is 4.19. The van der Waals surface area contributed by atoms with E-state index in [4.69, 9.17) is 5.11 Å². The fraction of sp³-hybridized carbons (Fsp3) is 0.250. The highest BCUT2D eigenvalue weighted by Gasteiger charge is 2.16. The SMILES string of the molecule is CN1CCC(Nc2ccc(C(=O)C=Cc3ccc(C=CC(=O)O)cc3)cc2)CC1. The van der Waals surface area contributed by atoms with Gasteiger partial charge >= 0.3 is 5.97 Å². The Morgan fingerprint density at radius 3 is 2.03 bits per heavy atom. The van der Waals surface area contributed by atoms with Crippen molar-refractivity contribution in [1.82, 2.24) is 4.90 Å². The van der Waals surface area contributed by atoms with E-state index in [0.29, 0.717) is 11.6 Å². The summed E-state index contributed by atoms with van der Waals surface area (Å²) in [6.07, 6.45) is 8.20. The van der Waals surface area contributed by atoms with Gasteiger partial charge in [-0.1, -0.05) is 30.3 Å². The quantitative estimate of drug-likeness (QED) is 0.548. The summed E-state index contributed by atoms with van der Waals surface area (Å²) in [4.78, 5) is 25.3. The summed E-state index contributed by atoms with van der Waals surface area (Å²) in [5.41, 5.74) is 3.37. The largest absolute Gasteiger partial charge is 0.478 e. The molecule has 5 heteroatoms. The van der Waals surface area contributed by atoms with E-state index in [2.05, 4.69) is 17.3 Å². The molecule has 2 aromatic carbocycles. The molecule has 1 heterocycles. The zero-order chi connectivity index (χ0) is 20.6. The first kappa shape index (κ1) is 20.6. The Hall–Kier alpha value is -3.18. The third kappa shape index (κ3) is 6.43. The number of benzene rings is 2. The maximum Gasteiger partial charge on any atom is 0.328 e. The molecule has 2 N–H and O–H groups in total. The molecule has 150 valence electrons. The van der Waals surface area contributed by atoms with Crippen molar-refractivity contribution in [2.45, 2.75) is 18.9 Å². The van der Waals surface area contributed by atoms with Crippen LogP contribution in [0.5, 0.6) is 0 Å². The summed E-state index contributed by atoms with van der Waals surface area (Å²) in [6, 6.07) is 15.4. The van der Waals surface area contributed by atoms with Crippen LogP contribution in [-0.2, 0) is 4.79 Å². The molecule has 0 atom stereocenters. The Bertz CT molecular complexity index is 891. The van der Waals surface area contributed by atoms with Crippen molar-refractivity contribution in [2.75, 3.05) is 25.5 Å². The van der Waals surface area contributed by atoms with Crippen molar-refractivity contribution in [3.63, 3.8) is 0 Å². The molecule has 3 rings (SSSR count). The van der Waals surface area contributed by atoms with Crippen LogP contribution in [-0.4, -0.2) is 47.9 Å². The molecule has 1 aliphatic heterocycles. The summed E-state index contributed by atoms with van der Waals surface area (Å²) in [5.74, 6) is -1.03. The topological polar surface area (TPSA) is 69.6 Å². The van der Waals surface area contributed by atoms with Gasteiger partial charge in [-0.3, -0.25) is 4.79 Å². The maximum atomic E-state index is 12.4. The first-order chi connectivity index (χ1) is 14.0. The molecule has 0 aliphatic carbocycles. The first-order valence-corrected chi connectivity index (χ1v) is 9.78. The lowest BCUT2D eigenvalue weighted by Crippen LogP contribution is -2.36. The number of carbonyl (C=O) groups excluding carboxylic acids is 1. The van der Waals surface area contributed by atoms with E-state index in [1.54, 1.807) is 12.2 Å². The molecule has 1 saturated heterocycles. The van der Waals surface area contributed by atoms with Crippen LogP contribution in [0.3, 0.4) is 0 Å².